The van der Waals surface area contributed by atoms with Crippen LogP contribution in [0.3, 0.4) is 0 Å². The van der Waals surface area contributed by atoms with Gasteiger partial charge in [0.15, 0.2) is 11.5 Å². The molecule has 1 radical (unpaired) electrons. The highest BCUT2D eigenvalue weighted by Gasteiger charge is 2.51. The smallest absolute Gasteiger partial charge is 0.235 e. The molecule has 2 aliphatic rings. The third kappa shape index (κ3) is 3.12. The molecule has 1 aliphatic heterocycles. The van der Waals surface area contributed by atoms with Crippen LogP contribution >= 0.6 is 0 Å². The predicted octanol–water partition coefficient (Wildman–Crippen LogP) is 4.84. The van der Waals surface area contributed by atoms with Crippen molar-refractivity contribution in [3.8, 4) is 22.6 Å². The molecule has 30 heavy (non-hydrogen) atoms. The molecule has 5 nitrogen and oxygen atoms in total. The summed E-state index contributed by atoms with van der Waals surface area (Å²) in [6.45, 7) is 2.50. The predicted molar refractivity (Wildman–Crippen MR) is 116 cm³/mol. The zero-order chi connectivity index (χ0) is 20.7. The van der Waals surface area contributed by atoms with Crippen LogP contribution in [0, 0.1) is 6.92 Å². The molecule has 0 aromatic heterocycles. The topological polar surface area (TPSA) is 71.4 Å². The minimum atomic E-state index is -0.509. The molecule has 2 N–H and O–H groups in total. The molecule has 151 valence electrons. The molecule has 5 heteroatoms. The number of amides is 1. The van der Waals surface area contributed by atoms with Gasteiger partial charge in [-0.05, 0) is 71.8 Å². The van der Waals surface area contributed by atoms with Gasteiger partial charge in [-0.2, -0.15) is 0 Å². The van der Waals surface area contributed by atoms with Gasteiger partial charge < -0.3 is 14.8 Å². The highest BCUT2D eigenvalue weighted by Crippen LogP contribution is 2.51. The average molecular weight is 399 g/mol. The summed E-state index contributed by atoms with van der Waals surface area (Å²) in [6, 6.07) is 19.7. The maximum atomic E-state index is 13.2. The van der Waals surface area contributed by atoms with Crippen LogP contribution < -0.4 is 20.5 Å². The Kier molecular flexibility index (Phi) is 4.48. The molecular formula is C25H23N2O3. The van der Waals surface area contributed by atoms with E-state index in [4.69, 9.17) is 15.2 Å². The van der Waals surface area contributed by atoms with E-state index in [-0.39, 0.29) is 19.2 Å². The van der Waals surface area contributed by atoms with E-state index in [0.717, 1.165) is 52.1 Å². The van der Waals surface area contributed by atoms with Crippen molar-refractivity contribution in [2.75, 3.05) is 12.1 Å². The standard InChI is InChI=1S/C25H23N2O3/c1-16-6-8-19(13-21(16)20-5-3-2-4-17(20)14-26)27-24(28)25(10-11-25)18-7-9-22-23(12-18)30-15-29-22/h2-9,12-13,26H,10-11,14-15H2,1H3,(H,27,28). The lowest BCUT2D eigenvalue weighted by Crippen LogP contribution is -2.27. The van der Waals surface area contributed by atoms with Crippen LogP contribution in [0.2, 0.25) is 0 Å². The number of benzene rings is 3. The van der Waals surface area contributed by atoms with E-state index in [0.29, 0.717) is 5.75 Å². The Bertz CT molecular complexity index is 1130. The van der Waals surface area contributed by atoms with Crippen molar-refractivity contribution in [3.63, 3.8) is 0 Å². The van der Waals surface area contributed by atoms with Crippen LogP contribution in [0.5, 0.6) is 11.5 Å². The summed E-state index contributed by atoms with van der Waals surface area (Å²) in [4.78, 5) is 13.2. The van der Waals surface area contributed by atoms with E-state index in [9.17, 15) is 4.79 Å². The Morgan fingerprint density at radius 3 is 2.60 bits per heavy atom. The number of fused-ring (bicyclic) bond motifs is 1. The van der Waals surface area contributed by atoms with E-state index >= 15 is 0 Å². The number of carbonyl (C=O) groups excluding carboxylic acids is 1. The Balaban J connectivity index is 1.43. The van der Waals surface area contributed by atoms with Gasteiger partial charge in [-0.25, -0.2) is 0 Å². The lowest BCUT2D eigenvalue weighted by atomic mass is 9.93. The van der Waals surface area contributed by atoms with Crippen molar-refractivity contribution >= 4 is 11.6 Å². The molecule has 0 atom stereocenters. The van der Waals surface area contributed by atoms with E-state index < -0.39 is 5.41 Å². The van der Waals surface area contributed by atoms with Gasteiger partial charge in [0.2, 0.25) is 12.7 Å². The number of rotatable bonds is 5. The maximum absolute atomic E-state index is 13.2. The van der Waals surface area contributed by atoms with Gasteiger partial charge in [-0.15, -0.1) is 0 Å². The number of aryl methyl sites for hydroxylation is 1. The normalized spacial score (nSPS) is 15.7. The number of anilines is 1. The van der Waals surface area contributed by atoms with E-state index in [1.807, 2.05) is 60.7 Å². The highest BCUT2D eigenvalue weighted by atomic mass is 16.7. The third-order valence-corrected chi connectivity index (χ3v) is 6.10. The van der Waals surface area contributed by atoms with Crippen LogP contribution in [-0.2, 0) is 16.8 Å². The molecule has 1 fully saturated rings. The summed E-state index contributed by atoms with van der Waals surface area (Å²) in [5.74, 6) is 1.44. The van der Waals surface area contributed by atoms with Crippen LogP contribution in [0.1, 0.15) is 29.5 Å². The summed E-state index contributed by atoms with van der Waals surface area (Å²) in [5, 5.41) is 3.13. The maximum Gasteiger partial charge on any atom is 0.235 e. The number of carbonyl (C=O) groups is 1. The first-order chi connectivity index (χ1) is 14.6. The molecule has 3 aromatic rings. The minimum absolute atomic E-state index is 0.00458. The van der Waals surface area contributed by atoms with Gasteiger partial charge in [-0.1, -0.05) is 36.4 Å². The molecule has 0 unspecified atom stereocenters. The molecule has 5 rings (SSSR count). The summed E-state index contributed by atoms with van der Waals surface area (Å²) in [5.41, 5.74) is 13.2. The van der Waals surface area contributed by atoms with Gasteiger partial charge in [0.05, 0.1) is 5.41 Å². The van der Waals surface area contributed by atoms with Crippen molar-refractivity contribution in [2.45, 2.75) is 31.7 Å². The summed E-state index contributed by atoms with van der Waals surface area (Å²) in [7, 11) is 0. The lowest BCUT2D eigenvalue weighted by Gasteiger charge is -2.18. The number of hydrogen-bond acceptors (Lipinski definition) is 3. The largest absolute Gasteiger partial charge is 0.454 e. The van der Waals surface area contributed by atoms with E-state index in [1.54, 1.807) is 0 Å². The Morgan fingerprint density at radius 1 is 1.00 bits per heavy atom. The first-order valence-corrected chi connectivity index (χ1v) is 10.2. The van der Waals surface area contributed by atoms with Crippen molar-refractivity contribution < 1.29 is 14.3 Å². The molecule has 1 aliphatic carbocycles. The molecule has 1 heterocycles. The van der Waals surface area contributed by atoms with E-state index in [1.165, 1.54) is 0 Å². The molecule has 1 saturated carbocycles. The van der Waals surface area contributed by atoms with Gasteiger partial charge in [0, 0.05) is 12.2 Å². The quantitative estimate of drug-likeness (QED) is 0.667. The molecule has 0 saturated heterocycles. The van der Waals surface area contributed by atoms with Gasteiger partial charge in [0.1, 0.15) is 0 Å². The monoisotopic (exact) mass is 399 g/mol. The van der Waals surface area contributed by atoms with Crippen LogP contribution in [0.25, 0.3) is 11.1 Å². The first-order valence-electron chi connectivity index (χ1n) is 10.2. The van der Waals surface area contributed by atoms with Crippen molar-refractivity contribution in [1.29, 1.82) is 0 Å². The summed E-state index contributed by atoms with van der Waals surface area (Å²) >= 11 is 0. The van der Waals surface area contributed by atoms with E-state index in [2.05, 4.69) is 12.2 Å². The number of ether oxygens (including phenoxy) is 2. The highest BCUT2D eigenvalue weighted by molar-refractivity contribution is 6.02. The second-order valence-electron chi connectivity index (χ2n) is 7.97. The summed E-state index contributed by atoms with van der Waals surface area (Å²) in [6.07, 6.45) is 1.64. The fourth-order valence-corrected chi connectivity index (χ4v) is 4.14. The number of nitrogens with one attached hydrogen (secondary N) is 2. The summed E-state index contributed by atoms with van der Waals surface area (Å²) < 4.78 is 10.9. The molecule has 0 bridgehead atoms. The zero-order valence-corrected chi connectivity index (χ0v) is 16.8. The van der Waals surface area contributed by atoms with Gasteiger partial charge in [-0.3, -0.25) is 10.5 Å². The second kappa shape index (κ2) is 7.18. The molecule has 3 aromatic carbocycles. The van der Waals surface area contributed by atoms with Crippen LogP contribution in [0.4, 0.5) is 5.69 Å². The zero-order valence-electron chi connectivity index (χ0n) is 16.8. The fraction of sp³-hybridized carbons (Fsp3) is 0.240. The Hall–Kier alpha value is -3.31. The van der Waals surface area contributed by atoms with Crippen LogP contribution in [0.15, 0.2) is 60.7 Å². The first kappa shape index (κ1) is 18.7. The van der Waals surface area contributed by atoms with Gasteiger partial charge in [0.25, 0.3) is 0 Å². The van der Waals surface area contributed by atoms with Gasteiger partial charge >= 0.3 is 0 Å². The lowest BCUT2D eigenvalue weighted by molar-refractivity contribution is -0.118. The van der Waals surface area contributed by atoms with Crippen molar-refractivity contribution in [1.82, 2.24) is 5.73 Å². The van der Waals surface area contributed by atoms with Crippen molar-refractivity contribution in [2.24, 2.45) is 0 Å². The molecule has 0 spiro atoms. The SMILES string of the molecule is Cc1ccc(NC(=O)C2(c3ccc4c(c3)OCO4)CC2)cc1-c1ccccc1C[NH]. The molecule has 1 amide bonds. The molecular weight excluding hydrogens is 376 g/mol. The Labute approximate surface area is 175 Å². The number of hydrogen-bond donors (Lipinski definition) is 1. The van der Waals surface area contributed by atoms with Crippen LogP contribution in [-0.4, -0.2) is 12.7 Å². The Morgan fingerprint density at radius 2 is 1.80 bits per heavy atom. The third-order valence-electron chi connectivity index (χ3n) is 6.10. The average Bonchev–Trinajstić information content (AvgIpc) is 3.46. The second-order valence-corrected chi connectivity index (χ2v) is 7.97. The minimum Gasteiger partial charge on any atom is -0.454 e. The fourth-order valence-electron chi connectivity index (χ4n) is 4.14. The van der Waals surface area contributed by atoms with Crippen molar-refractivity contribution in [3.05, 3.63) is 77.4 Å².